The number of amides is 1. The van der Waals surface area contributed by atoms with Crippen molar-refractivity contribution in [2.24, 2.45) is 0 Å². The lowest BCUT2D eigenvalue weighted by atomic mass is 10.2. The quantitative estimate of drug-likeness (QED) is 0.796. The second kappa shape index (κ2) is 6.45. The van der Waals surface area contributed by atoms with Crippen LogP contribution in [-0.2, 0) is 0 Å². The topological polar surface area (TPSA) is 54.0 Å². The number of nitrogens with zero attached hydrogens (tertiary/aromatic N) is 1. The molecule has 2 N–H and O–H groups in total. The van der Waals surface area contributed by atoms with Gasteiger partial charge in [-0.25, -0.2) is 4.98 Å². The van der Waals surface area contributed by atoms with Gasteiger partial charge in [-0.2, -0.15) is 0 Å². The number of carbonyl (C=O) groups excluding carboxylic acids is 1. The fraction of sp³-hybridized carbons (Fsp3) is 0.500. The van der Waals surface area contributed by atoms with Crippen LogP contribution in [0.4, 0.5) is 5.69 Å². The molecule has 1 rings (SSSR count). The van der Waals surface area contributed by atoms with E-state index in [0.717, 1.165) is 6.42 Å². The highest BCUT2D eigenvalue weighted by atomic mass is 35.5. The minimum absolute atomic E-state index is 0.126. The number of pyridine rings is 1. The summed E-state index contributed by atoms with van der Waals surface area (Å²) >= 11 is 5.83. The molecule has 17 heavy (non-hydrogen) atoms. The summed E-state index contributed by atoms with van der Waals surface area (Å²) in [5, 5.41) is 6.38. The third-order valence-electron chi connectivity index (χ3n) is 2.09. The van der Waals surface area contributed by atoms with Crippen molar-refractivity contribution in [3.05, 3.63) is 23.0 Å². The molecular formula is C12H18ClN3O. The first-order chi connectivity index (χ1) is 8.04. The highest BCUT2D eigenvalue weighted by molar-refractivity contribution is 6.29. The lowest BCUT2D eigenvalue weighted by Gasteiger charge is -2.14. The van der Waals surface area contributed by atoms with Crippen molar-refractivity contribution in [3.63, 3.8) is 0 Å². The largest absolute Gasteiger partial charge is 0.382 e. The number of hydrogen-bond acceptors (Lipinski definition) is 3. The van der Waals surface area contributed by atoms with Crippen molar-refractivity contribution < 1.29 is 4.79 Å². The SMILES string of the molecule is CCCNC(=O)c1cnc(Cl)cc1NC(C)C. The van der Waals surface area contributed by atoms with Gasteiger partial charge >= 0.3 is 0 Å². The van der Waals surface area contributed by atoms with Crippen LogP contribution in [0.5, 0.6) is 0 Å². The number of carbonyl (C=O) groups is 1. The van der Waals surface area contributed by atoms with Crippen molar-refractivity contribution in [2.75, 3.05) is 11.9 Å². The van der Waals surface area contributed by atoms with E-state index in [-0.39, 0.29) is 11.9 Å². The Morgan fingerprint density at radius 3 is 2.82 bits per heavy atom. The monoisotopic (exact) mass is 255 g/mol. The van der Waals surface area contributed by atoms with E-state index in [2.05, 4.69) is 15.6 Å². The first kappa shape index (κ1) is 13.8. The molecule has 4 nitrogen and oxygen atoms in total. The third kappa shape index (κ3) is 4.23. The first-order valence-corrected chi connectivity index (χ1v) is 6.12. The van der Waals surface area contributed by atoms with Crippen molar-refractivity contribution in [1.82, 2.24) is 10.3 Å². The van der Waals surface area contributed by atoms with Crippen molar-refractivity contribution in [2.45, 2.75) is 33.2 Å². The van der Waals surface area contributed by atoms with Gasteiger partial charge in [0.05, 0.1) is 11.3 Å². The predicted molar refractivity (Wildman–Crippen MR) is 70.6 cm³/mol. The predicted octanol–water partition coefficient (Wildman–Crippen LogP) is 2.70. The number of halogens is 1. The molecule has 0 fully saturated rings. The number of nitrogens with one attached hydrogen (secondary N) is 2. The van der Waals surface area contributed by atoms with Crippen LogP contribution in [0.15, 0.2) is 12.3 Å². The smallest absolute Gasteiger partial charge is 0.254 e. The summed E-state index contributed by atoms with van der Waals surface area (Å²) in [6.45, 7) is 6.67. The summed E-state index contributed by atoms with van der Waals surface area (Å²) in [6, 6.07) is 1.90. The Kier molecular flexibility index (Phi) is 5.22. The molecule has 0 saturated carbocycles. The van der Waals surface area contributed by atoms with E-state index in [0.29, 0.717) is 22.9 Å². The summed E-state index contributed by atoms with van der Waals surface area (Å²) in [5.41, 5.74) is 1.24. The Balaban J connectivity index is 2.92. The molecule has 1 aromatic rings. The molecular weight excluding hydrogens is 238 g/mol. The van der Waals surface area contributed by atoms with E-state index in [9.17, 15) is 4.79 Å². The van der Waals surface area contributed by atoms with Crippen LogP contribution in [0.25, 0.3) is 0 Å². The molecule has 1 heterocycles. The van der Waals surface area contributed by atoms with E-state index < -0.39 is 0 Å². The van der Waals surface area contributed by atoms with Crippen molar-refractivity contribution in [1.29, 1.82) is 0 Å². The average Bonchev–Trinajstić information content (AvgIpc) is 2.25. The zero-order valence-corrected chi connectivity index (χ0v) is 11.1. The average molecular weight is 256 g/mol. The molecule has 0 aliphatic carbocycles. The van der Waals surface area contributed by atoms with E-state index in [1.807, 2.05) is 20.8 Å². The number of aromatic nitrogens is 1. The van der Waals surface area contributed by atoms with E-state index in [1.165, 1.54) is 6.20 Å². The van der Waals surface area contributed by atoms with Crippen LogP contribution in [0.1, 0.15) is 37.6 Å². The molecule has 0 spiro atoms. The standard InChI is InChI=1S/C12H18ClN3O/c1-4-5-14-12(17)9-7-15-11(13)6-10(9)16-8(2)3/h6-8H,4-5H2,1-3H3,(H,14,17)(H,15,16). The van der Waals surface area contributed by atoms with Crippen LogP contribution in [0.2, 0.25) is 5.15 Å². The highest BCUT2D eigenvalue weighted by Crippen LogP contribution is 2.19. The zero-order chi connectivity index (χ0) is 12.8. The first-order valence-electron chi connectivity index (χ1n) is 5.74. The summed E-state index contributed by atoms with van der Waals surface area (Å²) in [6.07, 6.45) is 2.40. The van der Waals surface area contributed by atoms with Gasteiger partial charge in [0.25, 0.3) is 5.91 Å². The normalized spacial score (nSPS) is 10.4. The Bertz CT molecular complexity index is 393. The molecule has 0 aliphatic rings. The van der Waals surface area contributed by atoms with Crippen LogP contribution < -0.4 is 10.6 Å². The van der Waals surface area contributed by atoms with Crippen molar-refractivity contribution >= 4 is 23.2 Å². The van der Waals surface area contributed by atoms with Gasteiger partial charge in [0.2, 0.25) is 0 Å². The minimum Gasteiger partial charge on any atom is -0.382 e. The molecule has 0 atom stereocenters. The van der Waals surface area contributed by atoms with Gasteiger partial charge < -0.3 is 10.6 Å². The maximum atomic E-state index is 11.9. The van der Waals surface area contributed by atoms with Crippen LogP contribution in [0.3, 0.4) is 0 Å². The lowest BCUT2D eigenvalue weighted by molar-refractivity contribution is 0.0954. The molecule has 94 valence electrons. The van der Waals surface area contributed by atoms with Gasteiger partial charge in [0.1, 0.15) is 5.15 Å². The molecule has 0 unspecified atom stereocenters. The number of rotatable bonds is 5. The fourth-order valence-electron chi connectivity index (χ4n) is 1.37. The fourth-order valence-corrected chi connectivity index (χ4v) is 1.53. The van der Waals surface area contributed by atoms with Gasteiger partial charge in [-0.05, 0) is 26.3 Å². The Labute approximate surface area is 107 Å². The van der Waals surface area contributed by atoms with Crippen LogP contribution in [-0.4, -0.2) is 23.5 Å². The molecule has 0 aliphatic heterocycles. The Hall–Kier alpha value is -1.29. The highest BCUT2D eigenvalue weighted by Gasteiger charge is 2.12. The van der Waals surface area contributed by atoms with Gasteiger partial charge in [0.15, 0.2) is 0 Å². The zero-order valence-electron chi connectivity index (χ0n) is 10.4. The molecule has 1 aromatic heterocycles. The van der Waals surface area contributed by atoms with E-state index in [4.69, 9.17) is 11.6 Å². The number of anilines is 1. The van der Waals surface area contributed by atoms with Gasteiger partial charge in [-0.3, -0.25) is 4.79 Å². The summed E-state index contributed by atoms with van der Waals surface area (Å²) in [4.78, 5) is 15.8. The van der Waals surface area contributed by atoms with Crippen LogP contribution in [0, 0.1) is 0 Å². The number of hydrogen-bond donors (Lipinski definition) is 2. The van der Waals surface area contributed by atoms with Gasteiger partial charge in [-0.1, -0.05) is 18.5 Å². The van der Waals surface area contributed by atoms with E-state index >= 15 is 0 Å². The maximum Gasteiger partial charge on any atom is 0.254 e. The summed E-state index contributed by atoms with van der Waals surface area (Å²) in [7, 11) is 0. The minimum atomic E-state index is -0.126. The molecule has 0 aromatic carbocycles. The molecule has 5 heteroatoms. The van der Waals surface area contributed by atoms with Crippen molar-refractivity contribution in [3.8, 4) is 0 Å². The molecule has 0 saturated heterocycles. The summed E-state index contributed by atoms with van der Waals surface area (Å²) < 4.78 is 0. The molecule has 0 radical (unpaired) electrons. The van der Waals surface area contributed by atoms with Gasteiger partial charge in [-0.15, -0.1) is 0 Å². The second-order valence-electron chi connectivity index (χ2n) is 4.11. The summed E-state index contributed by atoms with van der Waals surface area (Å²) in [5.74, 6) is -0.126. The molecule has 1 amide bonds. The van der Waals surface area contributed by atoms with Gasteiger partial charge in [0, 0.05) is 18.8 Å². The second-order valence-corrected chi connectivity index (χ2v) is 4.49. The van der Waals surface area contributed by atoms with Crippen LogP contribution >= 0.6 is 11.6 Å². The maximum absolute atomic E-state index is 11.9. The molecule has 0 bridgehead atoms. The van der Waals surface area contributed by atoms with E-state index in [1.54, 1.807) is 6.07 Å². The Morgan fingerprint density at radius 2 is 2.24 bits per heavy atom. The Morgan fingerprint density at radius 1 is 1.53 bits per heavy atom. The lowest BCUT2D eigenvalue weighted by Crippen LogP contribution is -2.26. The third-order valence-corrected chi connectivity index (χ3v) is 2.30.